The van der Waals surface area contributed by atoms with Crippen molar-refractivity contribution < 1.29 is 29.1 Å². The Labute approximate surface area is 332 Å². The van der Waals surface area contributed by atoms with Crippen LogP contribution >= 0.6 is 0 Å². The Morgan fingerprint density at radius 2 is 1.71 bits per heavy atom. The van der Waals surface area contributed by atoms with Gasteiger partial charge in [-0.3, -0.25) is 19.2 Å². The molecule has 3 aromatic rings. The number of carbonyl (C=O) groups excluding carboxylic acids is 3. The number of hydrogen-bond donors (Lipinski definition) is 3. The number of fused-ring (bicyclic) bond motifs is 2. The number of hydroxylamine groups is 2. The van der Waals surface area contributed by atoms with Gasteiger partial charge in [-0.2, -0.15) is 5.06 Å². The Balaban J connectivity index is 1.28. The van der Waals surface area contributed by atoms with Gasteiger partial charge in [0.2, 0.25) is 5.91 Å². The van der Waals surface area contributed by atoms with Gasteiger partial charge in [0.1, 0.15) is 11.8 Å². The van der Waals surface area contributed by atoms with Gasteiger partial charge in [-0.1, -0.05) is 69.3 Å². The first kappa shape index (κ1) is 41.3. The molecular formula is C45H61N5O6. The Morgan fingerprint density at radius 1 is 1.00 bits per heavy atom. The lowest BCUT2D eigenvalue weighted by Crippen LogP contribution is -2.62. The SMILES string of the molecule is COc1c(CN2OC[C@H]([C@H](C)O)[C@H]2C(=O)N[C@H]2C[C@H]3C[C@@H]([C@@H]2C)C3(C)C)cccc1-c1cc(C(=O)N[C@@H](Cc2ccccc2)CN(C)C)cc(C(=O)N(C)C)c1. The number of nitrogens with zero attached hydrogens (tertiary/aromatic N) is 3. The summed E-state index contributed by atoms with van der Waals surface area (Å²) in [7, 11) is 8.91. The predicted octanol–water partition coefficient (Wildman–Crippen LogP) is 5.27. The first-order valence-corrected chi connectivity index (χ1v) is 20.0. The summed E-state index contributed by atoms with van der Waals surface area (Å²) in [6.07, 6.45) is 2.07. The highest BCUT2D eigenvalue weighted by Crippen LogP contribution is 2.61. The molecule has 56 heavy (non-hydrogen) atoms. The number of ether oxygens (including phenoxy) is 1. The first-order valence-electron chi connectivity index (χ1n) is 20.0. The van der Waals surface area contributed by atoms with E-state index < -0.39 is 18.1 Å². The molecular weight excluding hydrogens is 707 g/mol. The van der Waals surface area contributed by atoms with Gasteiger partial charge >= 0.3 is 0 Å². The lowest BCUT2D eigenvalue weighted by molar-refractivity contribution is -0.161. The van der Waals surface area contributed by atoms with E-state index in [9.17, 15) is 19.5 Å². The number of methoxy groups -OCH3 is 1. The molecule has 2 bridgehead atoms. The number of carbonyl (C=O) groups is 3. The molecule has 3 saturated carbocycles. The normalized spacial score (nSPS) is 25.2. The summed E-state index contributed by atoms with van der Waals surface area (Å²) in [6.45, 7) is 9.71. The van der Waals surface area contributed by atoms with Gasteiger partial charge in [0.25, 0.3) is 11.8 Å². The molecule has 4 aliphatic rings. The second-order valence-corrected chi connectivity index (χ2v) is 17.4. The summed E-state index contributed by atoms with van der Waals surface area (Å²) < 4.78 is 6.07. The van der Waals surface area contributed by atoms with Crippen molar-refractivity contribution in [1.29, 1.82) is 0 Å². The second kappa shape index (κ2) is 17.1. The van der Waals surface area contributed by atoms with E-state index >= 15 is 0 Å². The van der Waals surface area contributed by atoms with Gasteiger partial charge in [0, 0.05) is 60.9 Å². The van der Waals surface area contributed by atoms with Crippen molar-refractivity contribution in [3.05, 3.63) is 89.0 Å². The lowest BCUT2D eigenvalue weighted by atomic mass is 9.45. The lowest BCUT2D eigenvalue weighted by Gasteiger charge is -2.62. The molecule has 7 rings (SSSR count). The zero-order chi connectivity index (χ0) is 40.5. The van der Waals surface area contributed by atoms with Crippen LogP contribution in [0, 0.1) is 29.1 Å². The quantitative estimate of drug-likeness (QED) is 0.203. The molecule has 3 amide bonds. The third-order valence-electron chi connectivity index (χ3n) is 12.8. The maximum absolute atomic E-state index is 14.1. The number of likely N-dealkylation sites (N-methyl/N-ethyl adjacent to an activating group) is 1. The van der Waals surface area contributed by atoms with Crippen LogP contribution in [-0.2, 0) is 22.6 Å². The van der Waals surface area contributed by atoms with Gasteiger partial charge in [-0.05, 0) is 92.8 Å². The van der Waals surface area contributed by atoms with Crippen molar-refractivity contribution in [2.45, 2.75) is 77.7 Å². The number of benzene rings is 3. The number of nitrogens with one attached hydrogen (secondary N) is 2. The molecule has 3 aliphatic carbocycles. The fourth-order valence-corrected chi connectivity index (χ4v) is 9.46. The summed E-state index contributed by atoms with van der Waals surface area (Å²) >= 11 is 0. The second-order valence-electron chi connectivity index (χ2n) is 17.4. The van der Waals surface area contributed by atoms with Crippen molar-refractivity contribution >= 4 is 17.7 Å². The minimum atomic E-state index is -0.758. The minimum Gasteiger partial charge on any atom is -0.496 e. The third-order valence-corrected chi connectivity index (χ3v) is 12.8. The van der Waals surface area contributed by atoms with Crippen molar-refractivity contribution in [1.82, 2.24) is 25.5 Å². The van der Waals surface area contributed by atoms with Crippen LogP contribution in [0.1, 0.15) is 72.4 Å². The van der Waals surface area contributed by atoms with Gasteiger partial charge in [0.05, 0.1) is 26.4 Å². The van der Waals surface area contributed by atoms with E-state index in [1.54, 1.807) is 51.4 Å². The summed E-state index contributed by atoms with van der Waals surface area (Å²) in [4.78, 5) is 51.3. The highest BCUT2D eigenvalue weighted by molar-refractivity contribution is 6.01. The molecule has 1 saturated heterocycles. The van der Waals surface area contributed by atoms with Crippen molar-refractivity contribution in [3.8, 4) is 16.9 Å². The predicted molar refractivity (Wildman–Crippen MR) is 218 cm³/mol. The average Bonchev–Trinajstić information content (AvgIpc) is 3.58. The van der Waals surface area contributed by atoms with Crippen LogP contribution in [0.15, 0.2) is 66.7 Å². The number of aliphatic hydroxyl groups is 1. The zero-order valence-corrected chi connectivity index (χ0v) is 34.5. The molecule has 0 spiro atoms. The molecule has 0 unspecified atom stereocenters. The number of amides is 3. The van der Waals surface area contributed by atoms with E-state index in [-0.39, 0.29) is 43.0 Å². The first-order chi connectivity index (χ1) is 26.6. The van der Waals surface area contributed by atoms with Crippen molar-refractivity contribution in [3.63, 3.8) is 0 Å². The van der Waals surface area contributed by atoms with Crippen LogP contribution in [0.25, 0.3) is 11.1 Å². The van der Waals surface area contributed by atoms with E-state index in [1.165, 1.54) is 11.3 Å². The summed E-state index contributed by atoms with van der Waals surface area (Å²) in [5.41, 5.74) is 4.22. The molecule has 3 aromatic carbocycles. The van der Waals surface area contributed by atoms with Crippen LogP contribution in [-0.4, -0.2) is 110 Å². The Morgan fingerprint density at radius 3 is 2.34 bits per heavy atom. The molecule has 0 aromatic heterocycles. The van der Waals surface area contributed by atoms with Crippen LogP contribution in [0.5, 0.6) is 5.75 Å². The molecule has 3 N–H and O–H groups in total. The topological polar surface area (TPSA) is 124 Å². The molecule has 0 radical (unpaired) electrons. The largest absolute Gasteiger partial charge is 0.496 e. The molecule has 11 heteroatoms. The number of rotatable bonds is 14. The van der Waals surface area contributed by atoms with E-state index in [0.29, 0.717) is 64.1 Å². The minimum absolute atomic E-state index is 0.0780. The Hall–Kier alpha value is -4.29. The molecule has 302 valence electrons. The van der Waals surface area contributed by atoms with Crippen LogP contribution in [0.2, 0.25) is 0 Å². The van der Waals surface area contributed by atoms with Gasteiger partial charge in [-0.25, -0.2) is 0 Å². The molecule has 4 fully saturated rings. The van der Waals surface area contributed by atoms with Gasteiger partial charge in [0.15, 0.2) is 0 Å². The molecule has 8 atom stereocenters. The maximum atomic E-state index is 14.1. The van der Waals surface area contributed by atoms with Gasteiger partial charge < -0.3 is 30.3 Å². The Kier molecular flexibility index (Phi) is 12.6. The summed E-state index contributed by atoms with van der Waals surface area (Å²) in [6, 6.07) is 20.2. The fourth-order valence-electron chi connectivity index (χ4n) is 9.46. The van der Waals surface area contributed by atoms with Gasteiger partial charge in [-0.15, -0.1) is 0 Å². The van der Waals surface area contributed by atoms with E-state index in [0.717, 1.165) is 17.5 Å². The summed E-state index contributed by atoms with van der Waals surface area (Å²) in [5.74, 6) is 1.00. The summed E-state index contributed by atoms with van der Waals surface area (Å²) in [5, 5.41) is 19.1. The third kappa shape index (κ3) is 8.66. The molecule has 1 aliphatic heterocycles. The highest BCUT2D eigenvalue weighted by atomic mass is 16.7. The monoisotopic (exact) mass is 767 g/mol. The molecule has 11 nitrogen and oxygen atoms in total. The zero-order valence-electron chi connectivity index (χ0n) is 34.5. The fraction of sp³-hybridized carbons (Fsp3) is 0.533. The highest BCUT2D eigenvalue weighted by Gasteiger charge is 2.57. The van der Waals surface area contributed by atoms with E-state index in [2.05, 4.69) is 43.5 Å². The average molecular weight is 768 g/mol. The van der Waals surface area contributed by atoms with Crippen molar-refractivity contribution in [2.75, 3.05) is 48.5 Å². The van der Waals surface area contributed by atoms with E-state index in [1.807, 2.05) is 55.4 Å². The standard InChI is InChI=1S/C45H61N5O6/c1-27-38-22-34(45(38,3)4)23-39(27)47-43(53)40-37(28(2)51)26-56-50(40)24-30-16-13-17-36(41(30)55-9)31-19-32(21-33(20-31)44(54)49(7)8)42(52)46-35(25-48(5)6)18-29-14-11-10-12-15-29/h10-17,19-21,27-28,34-35,37-40,51H,18,22-26H2,1-9H3,(H,46,52)(H,47,53)/t27-,28-,34+,35-,37+,38-,39-,40-/m0/s1. The van der Waals surface area contributed by atoms with Crippen molar-refractivity contribution in [2.24, 2.45) is 29.1 Å². The Bertz CT molecular complexity index is 1880. The van der Waals surface area contributed by atoms with E-state index in [4.69, 9.17) is 9.57 Å². The number of hydrogen-bond acceptors (Lipinski definition) is 8. The number of aliphatic hydroxyl groups excluding tert-OH is 1. The smallest absolute Gasteiger partial charge is 0.253 e. The maximum Gasteiger partial charge on any atom is 0.253 e. The number of para-hydroxylation sites is 1. The molecule has 1 heterocycles. The van der Waals surface area contributed by atoms with Crippen LogP contribution < -0.4 is 15.4 Å². The van der Waals surface area contributed by atoms with Crippen LogP contribution in [0.4, 0.5) is 0 Å². The van der Waals surface area contributed by atoms with Crippen LogP contribution in [0.3, 0.4) is 0 Å².